The number of fused-ring (bicyclic) bond motifs is 1. The number of carboxylic acids is 1. The van der Waals surface area contributed by atoms with Gasteiger partial charge in [0.25, 0.3) is 0 Å². The van der Waals surface area contributed by atoms with Gasteiger partial charge in [-0.3, -0.25) is 14.5 Å². The number of hydrogen-bond donors (Lipinski definition) is 3. The second-order valence-corrected chi connectivity index (χ2v) is 6.61. The van der Waals surface area contributed by atoms with Crippen LogP contribution in [0.4, 0.5) is 5.69 Å². The smallest absolute Gasteiger partial charge is 0.321 e. The fourth-order valence-electron chi connectivity index (χ4n) is 3.13. The lowest BCUT2D eigenvalue weighted by Crippen LogP contribution is -2.45. The standard InChI is InChI=1S/C20H25N3O4/c24-19(22-17-6-5-15-3-1-2-4-16(15)13-17)14-18(20(25)26)21-7-8-23-9-11-27-12-10-23/h1-6,13,18,21H,7-12,14H2,(H,22,24)(H,25,26)/t18-/m0/s1. The summed E-state index contributed by atoms with van der Waals surface area (Å²) < 4.78 is 5.29. The Bertz CT molecular complexity index is 790. The fraction of sp³-hybridized carbons (Fsp3) is 0.400. The van der Waals surface area contributed by atoms with Crippen molar-refractivity contribution < 1.29 is 19.4 Å². The molecule has 3 N–H and O–H groups in total. The average molecular weight is 371 g/mol. The van der Waals surface area contributed by atoms with E-state index in [9.17, 15) is 14.7 Å². The predicted molar refractivity (Wildman–Crippen MR) is 104 cm³/mol. The number of nitrogens with one attached hydrogen (secondary N) is 2. The molecule has 1 heterocycles. The number of anilines is 1. The third kappa shape index (κ3) is 5.75. The largest absolute Gasteiger partial charge is 0.480 e. The van der Waals surface area contributed by atoms with E-state index in [1.54, 1.807) is 0 Å². The van der Waals surface area contributed by atoms with Crippen LogP contribution in [0.2, 0.25) is 0 Å². The van der Waals surface area contributed by atoms with Crippen LogP contribution in [0, 0.1) is 0 Å². The van der Waals surface area contributed by atoms with E-state index in [1.165, 1.54) is 0 Å². The van der Waals surface area contributed by atoms with E-state index in [-0.39, 0.29) is 12.3 Å². The molecule has 7 heteroatoms. The molecule has 27 heavy (non-hydrogen) atoms. The maximum absolute atomic E-state index is 12.3. The Labute approximate surface area is 158 Å². The van der Waals surface area contributed by atoms with Crippen molar-refractivity contribution in [2.24, 2.45) is 0 Å². The van der Waals surface area contributed by atoms with Crippen LogP contribution in [-0.4, -0.2) is 67.3 Å². The zero-order valence-corrected chi connectivity index (χ0v) is 15.2. The number of rotatable bonds is 8. The first-order valence-electron chi connectivity index (χ1n) is 9.17. The number of amides is 1. The number of carbonyl (C=O) groups excluding carboxylic acids is 1. The number of morpholine rings is 1. The molecule has 2 aromatic rings. The van der Waals surface area contributed by atoms with E-state index in [1.807, 2.05) is 42.5 Å². The highest BCUT2D eigenvalue weighted by Crippen LogP contribution is 2.19. The van der Waals surface area contributed by atoms with E-state index in [4.69, 9.17) is 4.74 Å². The lowest BCUT2D eigenvalue weighted by atomic mass is 10.1. The minimum absolute atomic E-state index is 0.120. The molecule has 0 radical (unpaired) electrons. The van der Waals surface area contributed by atoms with Crippen molar-refractivity contribution in [3.8, 4) is 0 Å². The van der Waals surface area contributed by atoms with Crippen LogP contribution in [0.15, 0.2) is 42.5 Å². The second-order valence-electron chi connectivity index (χ2n) is 6.61. The maximum Gasteiger partial charge on any atom is 0.321 e. The van der Waals surface area contributed by atoms with Crippen LogP contribution in [-0.2, 0) is 14.3 Å². The van der Waals surface area contributed by atoms with Crippen LogP contribution >= 0.6 is 0 Å². The van der Waals surface area contributed by atoms with Crippen molar-refractivity contribution in [1.82, 2.24) is 10.2 Å². The summed E-state index contributed by atoms with van der Waals surface area (Å²) in [6.45, 7) is 4.36. The molecule has 1 atom stereocenters. The molecule has 0 aromatic heterocycles. The summed E-state index contributed by atoms with van der Waals surface area (Å²) in [7, 11) is 0. The first kappa shape index (κ1) is 19.3. The zero-order chi connectivity index (χ0) is 19.1. The Kier molecular flexibility index (Phi) is 6.75. The first-order chi connectivity index (χ1) is 13.1. The van der Waals surface area contributed by atoms with Gasteiger partial charge in [-0.15, -0.1) is 0 Å². The predicted octanol–water partition coefficient (Wildman–Crippen LogP) is 1.54. The SMILES string of the molecule is O=C(C[C@H](NCCN1CCOCC1)C(=O)O)Nc1ccc2ccccc2c1. The van der Waals surface area contributed by atoms with Crippen molar-refractivity contribution >= 4 is 28.3 Å². The summed E-state index contributed by atoms with van der Waals surface area (Å²) in [6.07, 6.45) is -0.120. The number of hydrogen-bond acceptors (Lipinski definition) is 5. The van der Waals surface area contributed by atoms with Gasteiger partial charge in [0, 0.05) is 31.9 Å². The van der Waals surface area contributed by atoms with Gasteiger partial charge in [-0.1, -0.05) is 30.3 Å². The second kappa shape index (κ2) is 9.45. The summed E-state index contributed by atoms with van der Waals surface area (Å²) in [6, 6.07) is 12.6. The van der Waals surface area contributed by atoms with Crippen molar-refractivity contribution in [3.63, 3.8) is 0 Å². The average Bonchev–Trinajstić information content (AvgIpc) is 2.68. The monoisotopic (exact) mass is 371 g/mol. The van der Waals surface area contributed by atoms with Gasteiger partial charge in [-0.25, -0.2) is 0 Å². The molecule has 144 valence electrons. The van der Waals surface area contributed by atoms with Crippen LogP contribution in [0.1, 0.15) is 6.42 Å². The van der Waals surface area contributed by atoms with Gasteiger partial charge < -0.3 is 20.5 Å². The van der Waals surface area contributed by atoms with Crippen LogP contribution in [0.5, 0.6) is 0 Å². The Morgan fingerprint density at radius 1 is 1.11 bits per heavy atom. The molecule has 1 fully saturated rings. The van der Waals surface area contributed by atoms with Gasteiger partial charge in [-0.2, -0.15) is 0 Å². The third-order valence-electron chi connectivity index (χ3n) is 4.64. The van der Waals surface area contributed by atoms with E-state index < -0.39 is 12.0 Å². The van der Waals surface area contributed by atoms with Gasteiger partial charge >= 0.3 is 5.97 Å². The number of carbonyl (C=O) groups is 2. The summed E-state index contributed by atoms with van der Waals surface area (Å²) in [4.78, 5) is 26.0. The minimum Gasteiger partial charge on any atom is -0.480 e. The lowest BCUT2D eigenvalue weighted by molar-refractivity contribution is -0.141. The van der Waals surface area contributed by atoms with Crippen molar-refractivity contribution in [1.29, 1.82) is 0 Å². The number of carboxylic acid groups (broad SMARTS) is 1. The van der Waals surface area contributed by atoms with E-state index in [2.05, 4.69) is 15.5 Å². The Hall–Kier alpha value is -2.48. The summed E-state index contributed by atoms with van der Waals surface area (Å²) in [5.74, 6) is -1.35. The topological polar surface area (TPSA) is 90.9 Å². The highest BCUT2D eigenvalue weighted by Gasteiger charge is 2.21. The van der Waals surface area contributed by atoms with E-state index in [0.717, 1.165) is 30.4 Å². The molecule has 0 bridgehead atoms. The molecule has 1 amide bonds. The minimum atomic E-state index is -1.02. The summed E-state index contributed by atoms with van der Waals surface area (Å²) in [5, 5.41) is 17.3. The Balaban J connectivity index is 1.50. The number of benzene rings is 2. The summed E-state index contributed by atoms with van der Waals surface area (Å²) in [5.41, 5.74) is 0.663. The third-order valence-corrected chi connectivity index (χ3v) is 4.64. The molecule has 0 spiro atoms. The number of nitrogens with zero attached hydrogens (tertiary/aromatic N) is 1. The van der Waals surface area contributed by atoms with Crippen molar-refractivity contribution in [3.05, 3.63) is 42.5 Å². The van der Waals surface area contributed by atoms with Gasteiger partial charge in [-0.05, 0) is 22.9 Å². The van der Waals surface area contributed by atoms with Crippen LogP contribution < -0.4 is 10.6 Å². The lowest BCUT2D eigenvalue weighted by Gasteiger charge is -2.27. The van der Waals surface area contributed by atoms with Crippen LogP contribution in [0.25, 0.3) is 10.8 Å². The quantitative estimate of drug-likeness (QED) is 0.652. The van der Waals surface area contributed by atoms with E-state index in [0.29, 0.717) is 25.4 Å². The van der Waals surface area contributed by atoms with E-state index >= 15 is 0 Å². The molecule has 3 rings (SSSR count). The fourth-order valence-corrected chi connectivity index (χ4v) is 3.13. The summed E-state index contributed by atoms with van der Waals surface area (Å²) >= 11 is 0. The Morgan fingerprint density at radius 2 is 1.85 bits per heavy atom. The molecular formula is C20H25N3O4. The highest BCUT2D eigenvalue weighted by molar-refractivity contribution is 5.96. The molecule has 7 nitrogen and oxygen atoms in total. The molecule has 1 aliphatic heterocycles. The molecule has 1 aliphatic rings. The molecular weight excluding hydrogens is 346 g/mol. The van der Waals surface area contributed by atoms with Gasteiger partial charge in [0.05, 0.1) is 19.6 Å². The van der Waals surface area contributed by atoms with Crippen molar-refractivity contribution in [2.45, 2.75) is 12.5 Å². The first-order valence-corrected chi connectivity index (χ1v) is 9.17. The highest BCUT2D eigenvalue weighted by atomic mass is 16.5. The zero-order valence-electron chi connectivity index (χ0n) is 15.2. The maximum atomic E-state index is 12.3. The molecule has 2 aromatic carbocycles. The van der Waals surface area contributed by atoms with Crippen LogP contribution in [0.3, 0.4) is 0 Å². The van der Waals surface area contributed by atoms with Crippen molar-refractivity contribution in [2.75, 3.05) is 44.7 Å². The normalized spacial score (nSPS) is 16.1. The van der Waals surface area contributed by atoms with Gasteiger partial charge in [0.15, 0.2) is 0 Å². The number of aliphatic carboxylic acids is 1. The Morgan fingerprint density at radius 3 is 2.59 bits per heavy atom. The van der Waals surface area contributed by atoms with Gasteiger partial charge in [0.2, 0.25) is 5.91 Å². The molecule has 0 unspecified atom stereocenters. The molecule has 0 saturated carbocycles. The molecule has 1 saturated heterocycles. The number of ether oxygens (including phenoxy) is 1. The van der Waals surface area contributed by atoms with Gasteiger partial charge in [0.1, 0.15) is 6.04 Å². The molecule has 0 aliphatic carbocycles.